The van der Waals surface area contributed by atoms with E-state index in [-0.39, 0.29) is 5.52 Å². The fourth-order valence-corrected chi connectivity index (χ4v) is 2.65. The number of nitrogens with one attached hydrogen (secondary N) is 2. The van der Waals surface area contributed by atoms with Crippen molar-refractivity contribution in [3.63, 3.8) is 0 Å². The Balaban J connectivity index is 2.26. The molecule has 9 heteroatoms. The number of H-pyrrole nitrogens is 2. The summed E-state index contributed by atoms with van der Waals surface area (Å²) in [7, 11) is 1.56. The lowest BCUT2D eigenvalue weighted by Crippen LogP contribution is -2.28. The fourth-order valence-electron chi connectivity index (χ4n) is 2.00. The average molecular weight is 292 g/mol. The van der Waals surface area contributed by atoms with Crippen LogP contribution in [0, 0.1) is 0 Å². The van der Waals surface area contributed by atoms with Crippen molar-refractivity contribution in [3.8, 4) is 10.7 Å². The van der Waals surface area contributed by atoms with Gasteiger partial charge in [-0.2, -0.15) is 0 Å². The maximum Gasteiger partial charge on any atom is 0.329 e. The van der Waals surface area contributed by atoms with E-state index >= 15 is 0 Å². The zero-order valence-corrected chi connectivity index (χ0v) is 11.7. The van der Waals surface area contributed by atoms with Gasteiger partial charge in [-0.25, -0.2) is 9.78 Å². The van der Waals surface area contributed by atoms with E-state index in [0.29, 0.717) is 11.5 Å². The van der Waals surface area contributed by atoms with Crippen molar-refractivity contribution < 1.29 is 0 Å². The van der Waals surface area contributed by atoms with Gasteiger partial charge in [-0.05, 0) is 18.0 Å². The Morgan fingerprint density at radius 2 is 2.10 bits per heavy atom. The first kappa shape index (κ1) is 12.7. The summed E-state index contributed by atoms with van der Waals surface area (Å²) in [5.41, 5.74) is 0.480. The van der Waals surface area contributed by atoms with E-state index in [1.807, 2.05) is 0 Å². The van der Waals surface area contributed by atoms with Crippen LogP contribution in [0.3, 0.4) is 0 Å². The van der Waals surface area contributed by atoms with Crippen molar-refractivity contribution in [1.29, 1.82) is 0 Å². The van der Waals surface area contributed by atoms with Crippen LogP contribution in [0.15, 0.2) is 9.59 Å². The van der Waals surface area contributed by atoms with Crippen LogP contribution in [0.1, 0.15) is 19.0 Å². The number of aromatic nitrogens is 6. The molecular formula is C11H12N6O2S. The molecule has 8 nitrogen and oxygen atoms in total. The number of aryl methyl sites for hydroxylation is 2. The Morgan fingerprint density at radius 3 is 2.85 bits per heavy atom. The molecule has 0 amide bonds. The summed E-state index contributed by atoms with van der Waals surface area (Å²) < 4.78 is 5.22. The highest BCUT2D eigenvalue weighted by molar-refractivity contribution is 7.09. The SMILES string of the molecule is CCCc1nnsc1-c1nc2c([nH]1)c(=O)[nH]c(=O)n2C. The molecule has 0 fully saturated rings. The molecule has 3 rings (SSSR count). The quantitative estimate of drug-likeness (QED) is 0.727. The maximum atomic E-state index is 11.8. The molecule has 0 bridgehead atoms. The minimum atomic E-state index is -0.489. The van der Waals surface area contributed by atoms with Crippen molar-refractivity contribution in [2.75, 3.05) is 0 Å². The van der Waals surface area contributed by atoms with Crippen LogP contribution in [-0.2, 0) is 13.5 Å². The summed E-state index contributed by atoms with van der Waals surface area (Å²) in [4.78, 5) is 33.6. The number of fused-ring (bicyclic) bond motifs is 1. The number of imidazole rings is 1. The van der Waals surface area contributed by atoms with Gasteiger partial charge >= 0.3 is 5.69 Å². The minimum absolute atomic E-state index is 0.276. The lowest BCUT2D eigenvalue weighted by Gasteiger charge is -1.95. The standard InChI is InChI=1S/C11H12N6O2S/c1-3-4-5-7(20-16-15-5)8-12-6-9(13-8)17(2)11(19)14-10(6)18/h3-4H2,1-2H3,(H,12,13)(H,14,18,19). The molecule has 0 saturated carbocycles. The Hall–Kier alpha value is -2.29. The summed E-state index contributed by atoms with van der Waals surface area (Å²) in [5, 5.41) is 4.07. The zero-order chi connectivity index (χ0) is 14.3. The van der Waals surface area contributed by atoms with Crippen LogP contribution < -0.4 is 11.2 Å². The Labute approximate surface area is 116 Å². The Morgan fingerprint density at radius 1 is 1.30 bits per heavy atom. The minimum Gasteiger partial charge on any atom is -0.331 e. The third kappa shape index (κ3) is 1.86. The van der Waals surface area contributed by atoms with Gasteiger partial charge in [0.2, 0.25) is 0 Å². The summed E-state index contributed by atoms with van der Waals surface area (Å²) >= 11 is 1.22. The van der Waals surface area contributed by atoms with E-state index in [4.69, 9.17) is 0 Å². The molecule has 0 unspecified atom stereocenters. The van der Waals surface area contributed by atoms with E-state index in [9.17, 15) is 9.59 Å². The molecule has 3 aromatic rings. The van der Waals surface area contributed by atoms with Crippen LogP contribution in [0.5, 0.6) is 0 Å². The first-order valence-electron chi connectivity index (χ1n) is 6.12. The first-order chi connectivity index (χ1) is 9.61. The molecule has 20 heavy (non-hydrogen) atoms. The van der Waals surface area contributed by atoms with Gasteiger partial charge in [-0.1, -0.05) is 17.8 Å². The van der Waals surface area contributed by atoms with Gasteiger partial charge in [0.1, 0.15) is 10.4 Å². The van der Waals surface area contributed by atoms with Gasteiger partial charge in [0.15, 0.2) is 11.5 Å². The second-order valence-electron chi connectivity index (χ2n) is 4.40. The van der Waals surface area contributed by atoms with E-state index in [0.717, 1.165) is 23.4 Å². The van der Waals surface area contributed by atoms with Gasteiger partial charge in [-0.3, -0.25) is 14.3 Å². The largest absolute Gasteiger partial charge is 0.331 e. The molecule has 2 N–H and O–H groups in total. The smallest absolute Gasteiger partial charge is 0.329 e. The highest BCUT2D eigenvalue weighted by atomic mass is 32.1. The number of nitrogens with zero attached hydrogens (tertiary/aromatic N) is 4. The van der Waals surface area contributed by atoms with Gasteiger partial charge in [-0.15, -0.1) is 5.10 Å². The van der Waals surface area contributed by atoms with Crippen LogP contribution in [0.2, 0.25) is 0 Å². The van der Waals surface area contributed by atoms with Gasteiger partial charge in [0.05, 0.1) is 5.69 Å². The summed E-state index contributed by atoms with van der Waals surface area (Å²) in [6.45, 7) is 2.05. The third-order valence-electron chi connectivity index (χ3n) is 3.01. The lowest BCUT2D eigenvalue weighted by atomic mass is 10.2. The average Bonchev–Trinajstić information content (AvgIpc) is 3.02. The second kappa shape index (κ2) is 4.67. The number of hydrogen-bond acceptors (Lipinski definition) is 6. The van der Waals surface area contributed by atoms with E-state index < -0.39 is 11.2 Å². The summed E-state index contributed by atoms with van der Waals surface area (Å²) in [6.07, 6.45) is 1.73. The van der Waals surface area contributed by atoms with Gasteiger partial charge in [0.25, 0.3) is 5.56 Å². The highest BCUT2D eigenvalue weighted by Crippen LogP contribution is 2.25. The van der Waals surface area contributed by atoms with Crippen molar-refractivity contribution >= 4 is 22.7 Å². The molecule has 104 valence electrons. The van der Waals surface area contributed by atoms with E-state index in [1.165, 1.54) is 16.1 Å². The monoisotopic (exact) mass is 292 g/mol. The molecule has 0 aliphatic heterocycles. The fraction of sp³-hybridized carbons (Fsp3) is 0.364. The normalized spacial score (nSPS) is 11.3. The van der Waals surface area contributed by atoms with Crippen molar-refractivity contribution in [2.24, 2.45) is 7.05 Å². The third-order valence-corrected chi connectivity index (χ3v) is 3.79. The number of hydrogen-bond donors (Lipinski definition) is 2. The van der Waals surface area contributed by atoms with Crippen LogP contribution >= 0.6 is 11.5 Å². The Bertz CT molecular complexity index is 886. The lowest BCUT2D eigenvalue weighted by molar-refractivity contribution is 0.832. The molecule has 3 heterocycles. The molecule has 0 aliphatic carbocycles. The molecule has 0 atom stereocenters. The molecule has 0 spiro atoms. The summed E-state index contributed by atoms with van der Waals surface area (Å²) in [6, 6.07) is 0. The maximum absolute atomic E-state index is 11.8. The number of aromatic amines is 2. The van der Waals surface area contributed by atoms with Crippen LogP contribution in [-0.4, -0.2) is 29.1 Å². The molecule has 0 aliphatic rings. The van der Waals surface area contributed by atoms with E-state index in [2.05, 4.69) is 31.5 Å². The predicted octanol–water partition coefficient (Wildman–Crippen LogP) is 0.421. The van der Waals surface area contributed by atoms with Crippen molar-refractivity contribution in [2.45, 2.75) is 19.8 Å². The van der Waals surface area contributed by atoms with Gasteiger partial charge < -0.3 is 4.98 Å². The van der Waals surface area contributed by atoms with Crippen LogP contribution in [0.4, 0.5) is 0 Å². The van der Waals surface area contributed by atoms with Crippen molar-refractivity contribution in [3.05, 3.63) is 26.5 Å². The Kier molecular flexibility index (Phi) is 2.97. The summed E-state index contributed by atoms with van der Waals surface area (Å²) in [5.74, 6) is 0.519. The highest BCUT2D eigenvalue weighted by Gasteiger charge is 2.16. The second-order valence-corrected chi connectivity index (χ2v) is 5.16. The molecule has 0 radical (unpaired) electrons. The first-order valence-corrected chi connectivity index (χ1v) is 6.89. The molecule has 3 aromatic heterocycles. The molecular weight excluding hydrogens is 280 g/mol. The molecule has 0 saturated heterocycles. The number of rotatable bonds is 3. The predicted molar refractivity (Wildman–Crippen MR) is 74.9 cm³/mol. The van der Waals surface area contributed by atoms with Gasteiger partial charge in [0, 0.05) is 7.05 Å². The zero-order valence-electron chi connectivity index (χ0n) is 10.9. The topological polar surface area (TPSA) is 109 Å². The van der Waals surface area contributed by atoms with Crippen LogP contribution in [0.25, 0.3) is 21.9 Å². The van der Waals surface area contributed by atoms with E-state index in [1.54, 1.807) is 7.05 Å². The van der Waals surface area contributed by atoms with Crippen molar-refractivity contribution in [1.82, 2.24) is 29.1 Å². The molecule has 0 aromatic carbocycles.